The van der Waals surface area contributed by atoms with E-state index in [1.807, 2.05) is 0 Å². The minimum atomic E-state index is -0.213. The first kappa shape index (κ1) is 3.40. The SMILES string of the molecule is O=C1CC=[C]O1. The van der Waals surface area contributed by atoms with Crippen molar-refractivity contribution in [1.29, 1.82) is 0 Å². The Balaban J connectivity index is 2.52. The molecule has 0 aromatic heterocycles. The molecule has 1 aliphatic rings. The van der Waals surface area contributed by atoms with E-state index in [1.54, 1.807) is 6.08 Å². The lowest BCUT2D eigenvalue weighted by Crippen LogP contribution is -1.87. The predicted molar refractivity (Wildman–Crippen MR) is 18.5 cm³/mol. The van der Waals surface area contributed by atoms with E-state index in [-0.39, 0.29) is 5.97 Å². The maximum atomic E-state index is 9.93. The molecular weight excluding hydrogens is 80.0 g/mol. The van der Waals surface area contributed by atoms with Crippen molar-refractivity contribution in [2.45, 2.75) is 6.42 Å². The van der Waals surface area contributed by atoms with Gasteiger partial charge in [-0.25, -0.2) is 0 Å². The molecule has 1 radical (unpaired) electrons. The third kappa shape index (κ3) is 0.407. The second kappa shape index (κ2) is 1.12. The lowest BCUT2D eigenvalue weighted by atomic mass is 10.5. The molecule has 0 atom stereocenters. The topological polar surface area (TPSA) is 26.3 Å². The Kier molecular flexibility index (Phi) is 0.638. The van der Waals surface area contributed by atoms with Crippen LogP contribution in [-0.4, -0.2) is 5.97 Å². The average Bonchev–Trinajstić information content (AvgIpc) is 1.86. The van der Waals surface area contributed by atoms with Gasteiger partial charge in [-0.2, -0.15) is 0 Å². The summed E-state index contributed by atoms with van der Waals surface area (Å²) in [6, 6.07) is 0. The predicted octanol–water partition coefficient (Wildman–Crippen LogP) is 0.250. The molecule has 1 aliphatic heterocycles. The van der Waals surface area contributed by atoms with Crippen LogP contribution in [0.1, 0.15) is 6.42 Å². The Bertz CT molecular complexity index is 83.7. The molecule has 0 spiro atoms. The zero-order valence-electron chi connectivity index (χ0n) is 3.10. The highest BCUT2D eigenvalue weighted by Crippen LogP contribution is 1.95. The number of hydrogen-bond donors (Lipinski definition) is 0. The first-order chi connectivity index (χ1) is 2.89. The van der Waals surface area contributed by atoms with Crippen LogP contribution in [0.15, 0.2) is 6.08 Å². The Morgan fingerprint density at radius 1 is 2.00 bits per heavy atom. The van der Waals surface area contributed by atoms with Gasteiger partial charge >= 0.3 is 5.97 Å². The summed E-state index contributed by atoms with van der Waals surface area (Å²) in [4.78, 5) is 9.93. The fourth-order valence-corrected chi connectivity index (χ4v) is 0.274. The minimum absolute atomic E-state index is 0.213. The number of carbonyl (C=O) groups is 1. The van der Waals surface area contributed by atoms with Gasteiger partial charge in [0.1, 0.15) is 0 Å². The summed E-state index contributed by atoms with van der Waals surface area (Å²) in [6.07, 6.45) is 4.24. The first-order valence-corrected chi connectivity index (χ1v) is 1.66. The third-order valence-electron chi connectivity index (χ3n) is 0.525. The molecule has 0 saturated heterocycles. The molecule has 0 fully saturated rings. The number of rotatable bonds is 0. The standard InChI is InChI=1S/C4H3O2/c5-4-2-1-3-6-4/h1H,2H2. The molecule has 0 aromatic carbocycles. The van der Waals surface area contributed by atoms with Crippen molar-refractivity contribution in [3.63, 3.8) is 0 Å². The van der Waals surface area contributed by atoms with Crippen molar-refractivity contribution in [3.05, 3.63) is 12.3 Å². The Labute approximate surface area is 35.4 Å². The highest BCUT2D eigenvalue weighted by atomic mass is 16.5. The van der Waals surface area contributed by atoms with Gasteiger partial charge in [0.2, 0.25) is 0 Å². The normalized spacial score (nSPS) is 18.3. The van der Waals surface area contributed by atoms with Crippen molar-refractivity contribution in [1.82, 2.24) is 0 Å². The van der Waals surface area contributed by atoms with Gasteiger partial charge in [0.15, 0.2) is 6.26 Å². The Morgan fingerprint density at radius 2 is 2.83 bits per heavy atom. The van der Waals surface area contributed by atoms with E-state index >= 15 is 0 Å². The number of esters is 1. The van der Waals surface area contributed by atoms with Gasteiger partial charge < -0.3 is 4.74 Å². The summed E-state index contributed by atoms with van der Waals surface area (Å²) in [5.41, 5.74) is 0. The van der Waals surface area contributed by atoms with Gasteiger partial charge in [0, 0.05) is 0 Å². The zero-order valence-corrected chi connectivity index (χ0v) is 3.10. The number of ether oxygens (including phenoxy) is 1. The molecule has 0 N–H and O–H groups in total. The summed E-state index contributed by atoms with van der Waals surface area (Å²) in [5, 5.41) is 0. The van der Waals surface area contributed by atoms with Gasteiger partial charge in [-0.15, -0.1) is 0 Å². The fraction of sp³-hybridized carbons (Fsp3) is 0.250. The van der Waals surface area contributed by atoms with Crippen LogP contribution in [0.3, 0.4) is 0 Å². The van der Waals surface area contributed by atoms with Crippen LogP contribution < -0.4 is 0 Å². The second-order valence-corrected chi connectivity index (χ2v) is 1.00. The molecule has 6 heavy (non-hydrogen) atoms. The van der Waals surface area contributed by atoms with E-state index in [4.69, 9.17) is 0 Å². The van der Waals surface area contributed by atoms with E-state index in [0.29, 0.717) is 6.42 Å². The van der Waals surface area contributed by atoms with Crippen LogP contribution in [0, 0.1) is 6.26 Å². The molecule has 0 aliphatic carbocycles. The largest absolute Gasteiger partial charge is 0.423 e. The lowest BCUT2D eigenvalue weighted by Gasteiger charge is -1.77. The zero-order chi connectivity index (χ0) is 4.41. The highest BCUT2D eigenvalue weighted by molar-refractivity contribution is 5.73. The minimum Gasteiger partial charge on any atom is -0.423 e. The molecule has 1 heterocycles. The summed E-state index contributed by atoms with van der Waals surface area (Å²) in [5.74, 6) is -0.213. The summed E-state index contributed by atoms with van der Waals surface area (Å²) >= 11 is 0. The van der Waals surface area contributed by atoms with Crippen molar-refractivity contribution in [3.8, 4) is 0 Å². The second-order valence-electron chi connectivity index (χ2n) is 1.00. The van der Waals surface area contributed by atoms with Crippen LogP contribution in [0.2, 0.25) is 0 Å². The molecule has 1 rings (SSSR count). The molecule has 0 bridgehead atoms. The van der Waals surface area contributed by atoms with Crippen LogP contribution in [0.5, 0.6) is 0 Å². The fourth-order valence-electron chi connectivity index (χ4n) is 0.274. The summed E-state index contributed by atoms with van der Waals surface area (Å²) in [6.45, 7) is 0. The Hall–Kier alpha value is -0.790. The number of hydrogen-bond acceptors (Lipinski definition) is 2. The van der Waals surface area contributed by atoms with Crippen LogP contribution in [0.4, 0.5) is 0 Å². The van der Waals surface area contributed by atoms with Crippen LogP contribution in [0.25, 0.3) is 0 Å². The van der Waals surface area contributed by atoms with Gasteiger partial charge in [0.25, 0.3) is 0 Å². The molecule has 0 saturated carbocycles. The average molecular weight is 83.1 g/mol. The first-order valence-electron chi connectivity index (χ1n) is 1.66. The van der Waals surface area contributed by atoms with Crippen LogP contribution in [-0.2, 0) is 9.53 Å². The van der Waals surface area contributed by atoms with E-state index < -0.39 is 0 Å². The number of cyclic esters (lactones) is 1. The van der Waals surface area contributed by atoms with Gasteiger partial charge in [-0.3, -0.25) is 4.79 Å². The molecule has 31 valence electrons. The highest BCUT2D eigenvalue weighted by Gasteiger charge is 2.02. The molecular formula is C4H3O2. The molecule has 0 aromatic rings. The van der Waals surface area contributed by atoms with Gasteiger partial charge in [-0.05, 0) is 6.08 Å². The quantitative estimate of drug-likeness (QED) is 0.392. The maximum absolute atomic E-state index is 9.93. The Morgan fingerprint density at radius 3 is 3.00 bits per heavy atom. The van der Waals surface area contributed by atoms with Crippen molar-refractivity contribution < 1.29 is 9.53 Å². The van der Waals surface area contributed by atoms with Gasteiger partial charge in [-0.1, -0.05) is 0 Å². The molecule has 2 nitrogen and oxygen atoms in total. The van der Waals surface area contributed by atoms with E-state index in [2.05, 4.69) is 11.0 Å². The van der Waals surface area contributed by atoms with Crippen molar-refractivity contribution in [2.75, 3.05) is 0 Å². The maximum Gasteiger partial charge on any atom is 0.315 e. The summed E-state index contributed by atoms with van der Waals surface area (Å²) < 4.78 is 4.21. The molecule has 2 heteroatoms. The van der Waals surface area contributed by atoms with Crippen LogP contribution >= 0.6 is 0 Å². The monoisotopic (exact) mass is 83.0 g/mol. The molecule has 0 amide bonds. The molecule has 0 unspecified atom stereocenters. The summed E-state index contributed by atoms with van der Waals surface area (Å²) in [7, 11) is 0. The van der Waals surface area contributed by atoms with E-state index in [0.717, 1.165) is 0 Å². The van der Waals surface area contributed by atoms with E-state index in [9.17, 15) is 4.79 Å². The van der Waals surface area contributed by atoms with Crippen molar-refractivity contribution >= 4 is 5.97 Å². The van der Waals surface area contributed by atoms with Crippen molar-refractivity contribution in [2.24, 2.45) is 0 Å². The van der Waals surface area contributed by atoms with Gasteiger partial charge in [0.05, 0.1) is 6.42 Å². The number of carbonyl (C=O) groups excluding carboxylic acids is 1. The third-order valence-corrected chi connectivity index (χ3v) is 0.525. The van der Waals surface area contributed by atoms with E-state index in [1.165, 1.54) is 0 Å². The smallest absolute Gasteiger partial charge is 0.315 e. The lowest BCUT2D eigenvalue weighted by molar-refractivity contribution is -0.136.